The molecule has 0 aliphatic rings. The second-order valence-electron chi connectivity index (χ2n) is 3.00. The Morgan fingerprint density at radius 2 is 1.71 bits per heavy atom. The fraction of sp³-hybridized carbons (Fsp3) is 0.455. The van der Waals surface area contributed by atoms with E-state index in [0.717, 1.165) is 4.43 Å². The van der Waals surface area contributed by atoms with Crippen LogP contribution in [0.4, 0.5) is 0 Å². The van der Waals surface area contributed by atoms with E-state index in [1.165, 1.54) is 11.1 Å². The fourth-order valence-corrected chi connectivity index (χ4v) is 1.57. The van der Waals surface area contributed by atoms with Gasteiger partial charge in [0.15, 0.2) is 0 Å². The molecule has 0 radical (unpaired) electrons. The zero-order chi connectivity index (χ0) is 10.2. The Bertz CT molecular complexity index is 246. The summed E-state index contributed by atoms with van der Waals surface area (Å²) in [5.41, 5.74) is 2.57. The van der Waals surface area contributed by atoms with Gasteiger partial charge in [-0.25, -0.2) is 0 Å². The van der Waals surface area contributed by atoms with Crippen molar-refractivity contribution in [2.45, 2.75) is 11.0 Å². The van der Waals surface area contributed by atoms with Crippen molar-refractivity contribution < 1.29 is 9.47 Å². The fourth-order valence-electron chi connectivity index (χ4n) is 1.06. The Balaban J connectivity index is 2.29. The maximum absolute atomic E-state index is 5.41. The predicted molar refractivity (Wildman–Crippen MR) is 65.7 cm³/mol. The van der Waals surface area contributed by atoms with Crippen LogP contribution in [0.1, 0.15) is 11.1 Å². The van der Waals surface area contributed by atoms with E-state index < -0.39 is 0 Å². The van der Waals surface area contributed by atoms with Crippen LogP contribution >= 0.6 is 22.6 Å². The molecule has 0 unspecified atom stereocenters. The molecule has 0 bridgehead atoms. The SMILES string of the molecule is COCCOCc1ccc(CI)cc1. The first-order chi connectivity index (χ1) is 6.86. The summed E-state index contributed by atoms with van der Waals surface area (Å²) in [6, 6.07) is 8.50. The Kier molecular flexibility index (Phi) is 6.14. The van der Waals surface area contributed by atoms with Crippen molar-refractivity contribution in [3.8, 4) is 0 Å². The lowest BCUT2D eigenvalue weighted by Gasteiger charge is -2.04. The maximum Gasteiger partial charge on any atom is 0.0718 e. The Labute approximate surface area is 98.7 Å². The van der Waals surface area contributed by atoms with Crippen LogP contribution < -0.4 is 0 Å². The van der Waals surface area contributed by atoms with Crippen LogP contribution in [0.5, 0.6) is 0 Å². The lowest BCUT2D eigenvalue weighted by Crippen LogP contribution is -2.01. The molecular formula is C11H15IO2. The second kappa shape index (κ2) is 7.20. The predicted octanol–water partition coefficient (Wildman–Crippen LogP) is 2.78. The molecule has 2 nitrogen and oxygen atoms in total. The summed E-state index contributed by atoms with van der Waals surface area (Å²) in [5, 5.41) is 0. The first kappa shape index (κ1) is 11.9. The van der Waals surface area contributed by atoms with Gasteiger partial charge in [0.1, 0.15) is 0 Å². The Morgan fingerprint density at radius 3 is 2.29 bits per heavy atom. The van der Waals surface area contributed by atoms with Crippen LogP contribution in [0.15, 0.2) is 24.3 Å². The van der Waals surface area contributed by atoms with Crippen molar-refractivity contribution in [2.75, 3.05) is 20.3 Å². The van der Waals surface area contributed by atoms with Gasteiger partial charge in [-0.15, -0.1) is 0 Å². The van der Waals surface area contributed by atoms with E-state index in [1.807, 2.05) is 0 Å². The molecule has 0 fully saturated rings. The highest BCUT2D eigenvalue weighted by Gasteiger charge is 1.93. The van der Waals surface area contributed by atoms with E-state index in [9.17, 15) is 0 Å². The van der Waals surface area contributed by atoms with E-state index >= 15 is 0 Å². The van der Waals surface area contributed by atoms with Crippen molar-refractivity contribution in [3.63, 3.8) is 0 Å². The number of ether oxygens (including phenoxy) is 2. The molecule has 1 aromatic rings. The van der Waals surface area contributed by atoms with E-state index in [2.05, 4.69) is 46.9 Å². The average Bonchev–Trinajstić information content (AvgIpc) is 2.25. The highest BCUT2D eigenvalue weighted by molar-refractivity contribution is 14.1. The Hall–Kier alpha value is -0.130. The van der Waals surface area contributed by atoms with Crippen LogP contribution in [0.25, 0.3) is 0 Å². The van der Waals surface area contributed by atoms with Crippen LogP contribution in [-0.2, 0) is 20.5 Å². The molecule has 0 heterocycles. The molecule has 1 aromatic carbocycles. The van der Waals surface area contributed by atoms with Gasteiger partial charge in [-0.05, 0) is 11.1 Å². The summed E-state index contributed by atoms with van der Waals surface area (Å²) in [7, 11) is 1.68. The van der Waals surface area contributed by atoms with E-state index in [1.54, 1.807) is 7.11 Å². The van der Waals surface area contributed by atoms with Gasteiger partial charge in [0.2, 0.25) is 0 Å². The quantitative estimate of drug-likeness (QED) is 0.457. The standard InChI is InChI=1S/C11H15IO2/c1-13-6-7-14-9-11-4-2-10(8-12)3-5-11/h2-5H,6-9H2,1H3. The first-order valence-corrected chi connectivity index (χ1v) is 6.10. The highest BCUT2D eigenvalue weighted by Crippen LogP contribution is 2.08. The second-order valence-corrected chi connectivity index (χ2v) is 3.76. The van der Waals surface area contributed by atoms with E-state index in [-0.39, 0.29) is 0 Å². The zero-order valence-corrected chi connectivity index (χ0v) is 10.5. The smallest absolute Gasteiger partial charge is 0.0718 e. The summed E-state index contributed by atoms with van der Waals surface area (Å²) >= 11 is 2.36. The average molecular weight is 306 g/mol. The summed E-state index contributed by atoms with van der Waals surface area (Å²) in [4.78, 5) is 0. The third-order valence-electron chi connectivity index (χ3n) is 1.88. The molecule has 14 heavy (non-hydrogen) atoms. The molecular weight excluding hydrogens is 291 g/mol. The first-order valence-electron chi connectivity index (χ1n) is 4.57. The van der Waals surface area contributed by atoms with Crippen molar-refractivity contribution in [1.82, 2.24) is 0 Å². The van der Waals surface area contributed by atoms with Gasteiger partial charge in [-0.2, -0.15) is 0 Å². The van der Waals surface area contributed by atoms with E-state index in [4.69, 9.17) is 9.47 Å². The number of hydrogen-bond acceptors (Lipinski definition) is 2. The molecule has 0 saturated carbocycles. The van der Waals surface area contributed by atoms with Crippen LogP contribution in [0.3, 0.4) is 0 Å². The topological polar surface area (TPSA) is 18.5 Å². The minimum absolute atomic E-state index is 0.657. The lowest BCUT2D eigenvalue weighted by molar-refractivity contribution is 0.0616. The maximum atomic E-state index is 5.41. The van der Waals surface area contributed by atoms with Gasteiger partial charge in [0.05, 0.1) is 19.8 Å². The van der Waals surface area contributed by atoms with Crippen molar-refractivity contribution in [2.24, 2.45) is 0 Å². The molecule has 0 aromatic heterocycles. The molecule has 0 atom stereocenters. The van der Waals surface area contributed by atoms with Crippen LogP contribution in [0.2, 0.25) is 0 Å². The van der Waals surface area contributed by atoms with Crippen LogP contribution in [0, 0.1) is 0 Å². The van der Waals surface area contributed by atoms with E-state index in [0.29, 0.717) is 19.8 Å². The number of halogens is 1. The van der Waals surface area contributed by atoms with Crippen LogP contribution in [-0.4, -0.2) is 20.3 Å². The largest absolute Gasteiger partial charge is 0.382 e. The number of alkyl halides is 1. The third-order valence-corrected chi connectivity index (χ3v) is 2.76. The van der Waals surface area contributed by atoms with Gasteiger partial charge < -0.3 is 9.47 Å². The van der Waals surface area contributed by atoms with Crippen molar-refractivity contribution >= 4 is 22.6 Å². The highest BCUT2D eigenvalue weighted by atomic mass is 127. The molecule has 0 spiro atoms. The molecule has 0 amide bonds. The molecule has 0 N–H and O–H groups in total. The lowest BCUT2D eigenvalue weighted by atomic mass is 10.2. The summed E-state index contributed by atoms with van der Waals surface area (Å²) in [5.74, 6) is 0. The molecule has 0 saturated heterocycles. The number of rotatable bonds is 6. The van der Waals surface area contributed by atoms with Crippen molar-refractivity contribution in [3.05, 3.63) is 35.4 Å². The number of methoxy groups -OCH3 is 1. The van der Waals surface area contributed by atoms with Gasteiger partial charge in [-0.1, -0.05) is 46.9 Å². The molecule has 0 aliphatic heterocycles. The molecule has 1 rings (SSSR count). The van der Waals surface area contributed by atoms with Crippen molar-refractivity contribution in [1.29, 1.82) is 0 Å². The monoisotopic (exact) mass is 306 g/mol. The molecule has 78 valence electrons. The summed E-state index contributed by atoms with van der Waals surface area (Å²) in [6.45, 7) is 1.99. The van der Waals surface area contributed by atoms with Gasteiger partial charge in [0.25, 0.3) is 0 Å². The minimum atomic E-state index is 0.657. The minimum Gasteiger partial charge on any atom is -0.382 e. The third kappa shape index (κ3) is 4.39. The summed E-state index contributed by atoms with van der Waals surface area (Å²) < 4.78 is 11.4. The Morgan fingerprint density at radius 1 is 1.07 bits per heavy atom. The summed E-state index contributed by atoms with van der Waals surface area (Å²) in [6.07, 6.45) is 0. The number of hydrogen-bond donors (Lipinski definition) is 0. The normalized spacial score (nSPS) is 10.4. The zero-order valence-electron chi connectivity index (χ0n) is 8.33. The van der Waals surface area contributed by atoms with Gasteiger partial charge in [-0.3, -0.25) is 0 Å². The van der Waals surface area contributed by atoms with Gasteiger partial charge >= 0.3 is 0 Å². The van der Waals surface area contributed by atoms with Gasteiger partial charge in [0, 0.05) is 11.5 Å². The number of benzene rings is 1. The molecule has 0 aliphatic carbocycles. The molecule has 3 heteroatoms.